The summed E-state index contributed by atoms with van der Waals surface area (Å²) in [5.41, 5.74) is 2.88. The van der Waals surface area contributed by atoms with Crippen LogP contribution in [0.15, 0.2) is 41.2 Å². The summed E-state index contributed by atoms with van der Waals surface area (Å²) in [6.07, 6.45) is 7.31. The fraction of sp³-hybridized carbons (Fsp3) is 0.333. The zero-order chi connectivity index (χ0) is 19.7. The molecule has 3 aromatic rings. The molecule has 2 aromatic heterocycles. The second-order valence-electron chi connectivity index (χ2n) is 6.78. The second-order valence-corrected chi connectivity index (χ2v) is 6.78. The van der Waals surface area contributed by atoms with Crippen LogP contribution in [0.25, 0.3) is 16.9 Å². The third kappa shape index (κ3) is 3.13. The van der Waals surface area contributed by atoms with Crippen LogP contribution < -0.4 is 19.8 Å². The van der Waals surface area contributed by atoms with Crippen LogP contribution in [0.2, 0.25) is 0 Å². The number of benzene rings is 1. The summed E-state index contributed by atoms with van der Waals surface area (Å²) in [4.78, 5) is 17.4. The molecule has 7 nitrogen and oxygen atoms in total. The number of nitrogens with one attached hydrogen (secondary N) is 1. The van der Waals surface area contributed by atoms with Crippen LogP contribution in [0.3, 0.4) is 0 Å². The predicted molar refractivity (Wildman–Crippen MR) is 107 cm³/mol. The highest BCUT2D eigenvalue weighted by atomic mass is 16.5. The number of nitrogens with zero attached hydrogens (tertiary/aromatic N) is 2. The number of hydrogen-bond acceptors (Lipinski definition) is 5. The average molecular weight is 381 g/mol. The van der Waals surface area contributed by atoms with Gasteiger partial charge < -0.3 is 14.2 Å². The van der Waals surface area contributed by atoms with E-state index in [1.165, 1.54) is 4.52 Å². The molecule has 1 unspecified atom stereocenters. The van der Waals surface area contributed by atoms with E-state index in [1.54, 1.807) is 27.4 Å². The Morgan fingerprint density at radius 1 is 1.04 bits per heavy atom. The lowest BCUT2D eigenvalue weighted by atomic mass is 9.91. The molecule has 0 bridgehead atoms. The third-order valence-electron chi connectivity index (χ3n) is 5.13. The van der Waals surface area contributed by atoms with Crippen molar-refractivity contribution in [3.63, 3.8) is 0 Å². The molecule has 0 spiro atoms. The Labute approximate surface area is 162 Å². The zero-order valence-electron chi connectivity index (χ0n) is 16.2. The van der Waals surface area contributed by atoms with E-state index in [2.05, 4.69) is 17.3 Å². The topological polar surface area (TPSA) is 77.8 Å². The monoisotopic (exact) mass is 381 g/mol. The molecule has 1 aliphatic carbocycles. The van der Waals surface area contributed by atoms with E-state index in [0.717, 1.165) is 36.2 Å². The van der Waals surface area contributed by atoms with Crippen molar-refractivity contribution in [2.24, 2.45) is 0 Å². The van der Waals surface area contributed by atoms with E-state index >= 15 is 0 Å². The quantitative estimate of drug-likeness (QED) is 0.684. The minimum absolute atomic E-state index is 0.117. The van der Waals surface area contributed by atoms with Crippen molar-refractivity contribution < 1.29 is 14.2 Å². The number of rotatable bonds is 5. The highest BCUT2D eigenvalue weighted by Gasteiger charge is 2.18. The molecule has 0 radical (unpaired) electrons. The SMILES string of the molecule is COc1cc(-c2cc3nc(C4CC=CCC4)cc(=O)n3[nH]2)cc(OC)c1OC. The number of hydrogen-bond donors (Lipinski definition) is 1. The number of aromatic amines is 1. The van der Waals surface area contributed by atoms with Gasteiger partial charge >= 0.3 is 0 Å². The average Bonchev–Trinajstić information content (AvgIpc) is 3.18. The first-order valence-electron chi connectivity index (χ1n) is 9.22. The Balaban J connectivity index is 1.81. The Bertz CT molecular complexity index is 1070. The number of allylic oxidation sites excluding steroid dienone is 2. The summed E-state index contributed by atoms with van der Waals surface area (Å²) in [5.74, 6) is 1.91. The summed E-state index contributed by atoms with van der Waals surface area (Å²) < 4.78 is 17.7. The fourth-order valence-corrected chi connectivity index (χ4v) is 3.67. The van der Waals surface area contributed by atoms with Crippen LogP contribution >= 0.6 is 0 Å². The Kier molecular flexibility index (Phi) is 4.81. The van der Waals surface area contributed by atoms with Gasteiger partial charge in [-0.2, -0.15) is 0 Å². The minimum Gasteiger partial charge on any atom is -0.493 e. The molecule has 0 amide bonds. The molecule has 0 saturated carbocycles. The summed E-state index contributed by atoms with van der Waals surface area (Å²) >= 11 is 0. The molecule has 28 heavy (non-hydrogen) atoms. The van der Waals surface area contributed by atoms with Crippen molar-refractivity contribution in [1.29, 1.82) is 0 Å². The van der Waals surface area contributed by atoms with Gasteiger partial charge in [0.25, 0.3) is 5.56 Å². The third-order valence-corrected chi connectivity index (χ3v) is 5.13. The standard InChI is InChI=1S/C21H23N3O4/c1-26-17-9-14(10-18(27-2)21(17)28-3)16-11-19-22-15(12-20(25)24(19)23-16)13-7-5-4-6-8-13/h4-5,9-13,23H,6-8H2,1-3H3. The van der Waals surface area contributed by atoms with Crippen molar-refractivity contribution in [3.05, 3.63) is 52.5 Å². The fourth-order valence-electron chi connectivity index (χ4n) is 3.67. The molecule has 1 atom stereocenters. The Hall–Kier alpha value is -3.22. The van der Waals surface area contributed by atoms with E-state index in [4.69, 9.17) is 19.2 Å². The van der Waals surface area contributed by atoms with Crippen LogP contribution in [-0.4, -0.2) is 35.9 Å². The van der Waals surface area contributed by atoms with Crippen molar-refractivity contribution in [3.8, 4) is 28.5 Å². The summed E-state index contributed by atoms with van der Waals surface area (Å²) in [5, 5.41) is 3.13. The van der Waals surface area contributed by atoms with Crippen molar-refractivity contribution in [2.75, 3.05) is 21.3 Å². The molecule has 1 N–H and O–H groups in total. The molecule has 2 heterocycles. The smallest absolute Gasteiger partial charge is 0.272 e. The number of aromatic nitrogens is 3. The maximum Gasteiger partial charge on any atom is 0.272 e. The van der Waals surface area contributed by atoms with Gasteiger partial charge in [0.05, 0.1) is 32.7 Å². The van der Waals surface area contributed by atoms with Crippen LogP contribution in [0.5, 0.6) is 17.2 Å². The summed E-state index contributed by atoms with van der Waals surface area (Å²) in [6, 6.07) is 7.17. The highest BCUT2D eigenvalue weighted by Crippen LogP contribution is 2.41. The molecule has 7 heteroatoms. The number of fused-ring (bicyclic) bond motifs is 1. The molecule has 146 valence electrons. The van der Waals surface area contributed by atoms with Gasteiger partial charge in [0, 0.05) is 23.6 Å². The van der Waals surface area contributed by atoms with Crippen LogP contribution in [-0.2, 0) is 0 Å². The van der Waals surface area contributed by atoms with Crippen LogP contribution in [0, 0.1) is 0 Å². The van der Waals surface area contributed by atoms with Gasteiger partial charge in [-0.1, -0.05) is 12.2 Å². The van der Waals surface area contributed by atoms with E-state index in [1.807, 2.05) is 18.2 Å². The molecule has 4 rings (SSSR count). The van der Waals surface area contributed by atoms with Crippen molar-refractivity contribution in [2.45, 2.75) is 25.2 Å². The molecule has 0 fully saturated rings. The van der Waals surface area contributed by atoms with E-state index in [9.17, 15) is 4.79 Å². The maximum atomic E-state index is 12.6. The highest BCUT2D eigenvalue weighted by molar-refractivity contribution is 5.71. The summed E-state index contributed by atoms with van der Waals surface area (Å²) in [6.45, 7) is 0. The molecule has 0 aliphatic heterocycles. The number of H-pyrrole nitrogens is 1. The maximum absolute atomic E-state index is 12.6. The number of ether oxygens (including phenoxy) is 3. The molecular formula is C21H23N3O4. The lowest BCUT2D eigenvalue weighted by molar-refractivity contribution is 0.324. The minimum atomic E-state index is -0.117. The van der Waals surface area contributed by atoms with Gasteiger partial charge in [-0.05, 0) is 31.4 Å². The first-order valence-corrected chi connectivity index (χ1v) is 9.22. The van der Waals surface area contributed by atoms with Gasteiger partial charge in [0.1, 0.15) is 0 Å². The van der Waals surface area contributed by atoms with E-state index in [0.29, 0.717) is 28.8 Å². The molecule has 1 aromatic carbocycles. The second kappa shape index (κ2) is 7.42. The van der Waals surface area contributed by atoms with E-state index in [-0.39, 0.29) is 5.56 Å². The molecular weight excluding hydrogens is 358 g/mol. The molecule has 0 saturated heterocycles. The van der Waals surface area contributed by atoms with Gasteiger partial charge in [0.2, 0.25) is 5.75 Å². The Morgan fingerprint density at radius 3 is 2.39 bits per heavy atom. The lowest BCUT2D eigenvalue weighted by Gasteiger charge is -2.16. The van der Waals surface area contributed by atoms with E-state index < -0.39 is 0 Å². The normalized spacial score (nSPS) is 16.3. The molecule has 1 aliphatic rings. The zero-order valence-corrected chi connectivity index (χ0v) is 16.2. The summed E-state index contributed by atoms with van der Waals surface area (Å²) in [7, 11) is 4.71. The largest absolute Gasteiger partial charge is 0.493 e. The first-order chi connectivity index (χ1) is 13.6. The van der Waals surface area contributed by atoms with Crippen molar-refractivity contribution >= 4 is 5.65 Å². The van der Waals surface area contributed by atoms with Gasteiger partial charge in [-0.25, -0.2) is 9.50 Å². The van der Waals surface area contributed by atoms with Gasteiger partial charge in [0.15, 0.2) is 17.1 Å². The lowest BCUT2D eigenvalue weighted by Crippen LogP contribution is -2.17. The van der Waals surface area contributed by atoms with Crippen molar-refractivity contribution in [1.82, 2.24) is 14.6 Å². The van der Waals surface area contributed by atoms with Crippen LogP contribution in [0.1, 0.15) is 30.9 Å². The Morgan fingerprint density at radius 2 is 1.79 bits per heavy atom. The first kappa shape index (κ1) is 18.2. The predicted octanol–water partition coefficient (Wildman–Crippen LogP) is 3.54. The van der Waals surface area contributed by atoms with Gasteiger partial charge in [-0.15, -0.1) is 0 Å². The van der Waals surface area contributed by atoms with Crippen LogP contribution in [0.4, 0.5) is 0 Å². The van der Waals surface area contributed by atoms with Gasteiger partial charge in [-0.3, -0.25) is 9.89 Å². The number of methoxy groups -OCH3 is 3.